The van der Waals surface area contributed by atoms with Gasteiger partial charge in [-0.25, -0.2) is 4.98 Å². The number of halogens is 3. The average molecular weight is 318 g/mol. The SMILES string of the molecule is Cc1nc2c(C)cccn2c1N=Nc1cccc(C(F)(F)F)c1. The third kappa shape index (κ3) is 2.94. The summed E-state index contributed by atoms with van der Waals surface area (Å²) in [5.41, 5.74) is 1.79. The van der Waals surface area contributed by atoms with Crippen LogP contribution in [0.1, 0.15) is 16.8 Å². The van der Waals surface area contributed by atoms with E-state index in [0.717, 1.165) is 23.3 Å². The minimum atomic E-state index is -4.40. The highest BCUT2D eigenvalue weighted by molar-refractivity contribution is 5.56. The van der Waals surface area contributed by atoms with Crippen molar-refractivity contribution in [3.63, 3.8) is 0 Å². The summed E-state index contributed by atoms with van der Waals surface area (Å²) in [7, 11) is 0. The van der Waals surface area contributed by atoms with Crippen molar-refractivity contribution in [3.8, 4) is 0 Å². The second-order valence-corrected chi connectivity index (χ2v) is 5.15. The fraction of sp³-hybridized carbons (Fsp3) is 0.188. The summed E-state index contributed by atoms with van der Waals surface area (Å²) in [6, 6.07) is 8.53. The molecule has 4 nitrogen and oxygen atoms in total. The van der Waals surface area contributed by atoms with E-state index in [2.05, 4.69) is 15.2 Å². The smallest absolute Gasteiger partial charge is 0.283 e. The number of benzene rings is 1. The van der Waals surface area contributed by atoms with Crippen molar-refractivity contribution in [2.45, 2.75) is 20.0 Å². The van der Waals surface area contributed by atoms with Gasteiger partial charge in [-0.05, 0) is 43.7 Å². The molecule has 7 heteroatoms. The molecular weight excluding hydrogens is 305 g/mol. The third-order valence-electron chi connectivity index (χ3n) is 3.42. The van der Waals surface area contributed by atoms with E-state index in [1.54, 1.807) is 17.5 Å². The largest absolute Gasteiger partial charge is 0.416 e. The molecule has 3 rings (SSSR count). The van der Waals surface area contributed by atoms with Gasteiger partial charge >= 0.3 is 6.18 Å². The van der Waals surface area contributed by atoms with Crippen molar-refractivity contribution in [2.75, 3.05) is 0 Å². The molecule has 0 fully saturated rings. The van der Waals surface area contributed by atoms with E-state index in [0.29, 0.717) is 11.5 Å². The Bertz CT molecular complexity index is 894. The molecular formula is C16H13F3N4. The fourth-order valence-electron chi connectivity index (χ4n) is 2.27. The van der Waals surface area contributed by atoms with Crippen molar-refractivity contribution in [2.24, 2.45) is 10.2 Å². The average Bonchev–Trinajstić information content (AvgIpc) is 2.82. The highest BCUT2D eigenvalue weighted by atomic mass is 19.4. The van der Waals surface area contributed by atoms with Gasteiger partial charge in [-0.1, -0.05) is 12.1 Å². The Balaban J connectivity index is 2.01. The van der Waals surface area contributed by atoms with Crippen LogP contribution in [0.4, 0.5) is 24.7 Å². The number of hydrogen-bond acceptors (Lipinski definition) is 3. The number of nitrogens with zero attached hydrogens (tertiary/aromatic N) is 4. The summed E-state index contributed by atoms with van der Waals surface area (Å²) in [6.07, 6.45) is -2.61. The Morgan fingerprint density at radius 3 is 2.57 bits per heavy atom. The number of fused-ring (bicyclic) bond motifs is 1. The minimum absolute atomic E-state index is 0.141. The van der Waals surface area contributed by atoms with E-state index >= 15 is 0 Å². The van der Waals surface area contributed by atoms with Gasteiger partial charge in [0.05, 0.1) is 16.9 Å². The zero-order valence-electron chi connectivity index (χ0n) is 12.5. The van der Waals surface area contributed by atoms with Gasteiger partial charge in [0.2, 0.25) is 0 Å². The van der Waals surface area contributed by atoms with Crippen molar-refractivity contribution in [1.29, 1.82) is 0 Å². The molecule has 1 aromatic carbocycles. The number of aromatic nitrogens is 2. The Morgan fingerprint density at radius 1 is 1.04 bits per heavy atom. The van der Waals surface area contributed by atoms with Crippen LogP contribution in [0, 0.1) is 13.8 Å². The molecule has 0 spiro atoms. The zero-order chi connectivity index (χ0) is 16.6. The van der Waals surface area contributed by atoms with Crippen molar-refractivity contribution >= 4 is 17.2 Å². The van der Waals surface area contributed by atoms with Crippen LogP contribution in [0.5, 0.6) is 0 Å². The molecule has 0 saturated heterocycles. The number of imidazole rings is 1. The lowest BCUT2D eigenvalue weighted by Gasteiger charge is -2.05. The first-order valence-corrected chi connectivity index (χ1v) is 6.89. The maximum Gasteiger partial charge on any atom is 0.416 e. The fourth-order valence-corrected chi connectivity index (χ4v) is 2.27. The molecule has 0 aliphatic rings. The molecule has 0 aliphatic heterocycles. The van der Waals surface area contributed by atoms with E-state index in [1.807, 2.05) is 19.1 Å². The van der Waals surface area contributed by atoms with E-state index in [9.17, 15) is 13.2 Å². The molecule has 0 saturated carbocycles. The molecule has 0 unspecified atom stereocenters. The van der Waals surface area contributed by atoms with Crippen molar-refractivity contribution in [1.82, 2.24) is 9.38 Å². The molecule has 23 heavy (non-hydrogen) atoms. The lowest BCUT2D eigenvalue weighted by Crippen LogP contribution is -2.03. The molecule has 3 aromatic rings. The number of pyridine rings is 1. The van der Waals surface area contributed by atoms with Crippen LogP contribution in [-0.4, -0.2) is 9.38 Å². The molecule has 0 aliphatic carbocycles. The van der Waals surface area contributed by atoms with Crippen LogP contribution in [-0.2, 0) is 6.18 Å². The predicted molar refractivity (Wildman–Crippen MR) is 80.3 cm³/mol. The first-order valence-electron chi connectivity index (χ1n) is 6.89. The molecule has 0 atom stereocenters. The number of aryl methyl sites for hydroxylation is 2. The molecule has 2 heterocycles. The Labute approximate surface area is 130 Å². The van der Waals surface area contributed by atoms with Gasteiger partial charge in [0.25, 0.3) is 0 Å². The monoisotopic (exact) mass is 318 g/mol. The van der Waals surface area contributed by atoms with Gasteiger partial charge in [0.1, 0.15) is 5.65 Å². The Kier molecular flexibility index (Phi) is 3.63. The Hall–Kier alpha value is -2.70. The minimum Gasteiger partial charge on any atom is -0.283 e. The van der Waals surface area contributed by atoms with Crippen LogP contribution in [0.15, 0.2) is 52.8 Å². The molecule has 0 amide bonds. The summed E-state index contributed by atoms with van der Waals surface area (Å²) in [4.78, 5) is 4.41. The van der Waals surface area contributed by atoms with Gasteiger partial charge in [0.15, 0.2) is 5.82 Å². The molecule has 0 radical (unpaired) electrons. The second-order valence-electron chi connectivity index (χ2n) is 5.15. The van der Waals surface area contributed by atoms with E-state index in [4.69, 9.17) is 0 Å². The van der Waals surface area contributed by atoms with Gasteiger partial charge < -0.3 is 0 Å². The van der Waals surface area contributed by atoms with Gasteiger partial charge in [-0.15, -0.1) is 10.2 Å². The van der Waals surface area contributed by atoms with Crippen LogP contribution >= 0.6 is 0 Å². The molecule has 0 N–H and O–H groups in total. The highest BCUT2D eigenvalue weighted by Crippen LogP contribution is 2.32. The van der Waals surface area contributed by atoms with Gasteiger partial charge in [-0.2, -0.15) is 13.2 Å². The molecule has 0 bridgehead atoms. The van der Waals surface area contributed by atoms with Crippen LogP contribution < -0.4 is 0 Å². The third-order valence-corrected chi connectivity index (χ3v) is 3.42. The number of alkyl halides is 3. The summed E-state index contributed by atoms with van der Waals surface area (Å²) >= 11 is 0. The zero-order valence-corrected chi connectivity index (χ0v) is 12.5. The maximum atomic E-state index is 12.7. The summed E-state index contributed by atoms with van der Waals surface area (Å²) in [5.74, 6) is 0.501. The summed E-state index contributed by atoms with van der Waals surface area (Å²) in [5, 5.41) is 8.01. The molecule has 2 aromatic heterocycles. The van der Waals surface area contributed by atoms with Crippen LogP contribution in [0.25, 0.3) is 5.65 Å². The van der Waals surface area contributed by atoms with Crippen LogP contribution in [0.3, 0.4) is 0 Å². The van der Waals surface area contributed by atoms with Gasteiger partial charge in [0, 0.05) is 6.20 Å². The first kappa shape index (κ1) is 15.2. The van der Waals surface area contributed by atoms with E-state index in [-0.39, 0.29) is 5.69 Å². The normalized spacial score (nSPS) is 12.4. The van der Waals surface area contributed by atoms with E-state index in [1.165, 1.54) is 12.1 Å². The maximum absolute atomic E-state index is 12.7. The standard InChI is InChI=1S/C16H13F3N4/c1-10-5-4-8-23-14(10)20-11(2)15(23)22-21-13-7-3-6-12(9-13)16(17,18)19/h3-9H,1-2H3. The topological polar surface area (TPSA) is 42.0 Å². The Morgan fingerprint density at radius 2 is 1.83 bits per heavy atom. The predicted octanol–water partition coefficient (Wildman–Crippen LogP) is 5.39. The summed E-state index contributed by atoms with van der Waals surface area (Å²) in [6.45, 7) is 3.71. The highest BCUT2D eigenvalue weighted by Gasteiger charge is 2.30. The summed E-state index contributed by atoms with van der Waals surface area (Å²) < 4.78 is 39.9. The lowest BCUT2D eigenvalue weighted by atomic mass is 10.2. The number of azo groups is 1. The lowest BCUT2D eigenvalue weighted by molar-refractivity contribution is -0.137. The number of hydrogen-bond donors (Lipinski definition) is 0. The van der Waals surface area contributed by atoms with E-state index < -0.39 is 11.7 Å². The number of rotatable bonds is 2. The van der Waals surface area contributed by atoms with Crippen molar-refractivity contribution in [3.05, 3.63) is 59.4 Å². The van der Waals surface area contributed by atoms with Crippen LogP contribution in [0.2, 0.25) is 0 Å². The second kappa shape index (κ2) is 5.49. The van der Waals surface area contributed by atoms with Crippen molar-refractivity contribution < 1.29 is 13.2 Å². The van der Waals surface area contributed by atoms with Gasteiger partial charge in [-0.3, -0.25) is 4.40 Å². The quantitative estimate of drug-likeness (QED) is 0.584. The first-order chi connectivity index (χ1) is 10.9. The molecule has 118 valence electrons.